The maximum absolute atomic E-state index is 5.81. The fourth-order valence-corrected chi connectivity index (χ4v) is 2.84. The van der Waals surface area contributed by atoms with Crippen LogP contribution in [0.2, 0.25) is 0 Å². The number of aryl methyl sites for hydroxylation is 1. The molecule has 1 aromatic heterocycles. The summed E-state index contributed by atoms with van der Waals surface area (Å²) in [5.41, 5.74) is 9.10. The molecule has 102 valence electrons. The van der Waals surface area contributed by atoms with E-state index in [0.29, 0.717) is 12.6 Å². The fourth-order valence-electron chi connectivity index (χ4n) is 2.84. The monoisotopic (exact) mass is 259 g/mol. The minimum Gasteiger partial charge on any atom is -0.378 e. The lowest BCUT2D eigenvalue weighted by molar-refractivity contribution is 0.0153. The van der Waals surface area contributed by atoms with Crippen LogP contribution < -0.4 is 5.73 Å². The highest BCUT2D eigenvalue weighted by molar-refractivity contribution is 5.79. The number of hydrogen-bond donors (Lipinski definition) is 1. The number of nitrogens with two attached hydrogens (primary N) is 1. The number of fused-ring (bicyclic) bond motifs is 1. The zero-order valence-electron chi connectivity index (χ0n) is 11.4. The van der Waals surface area contributed by atoms with Gasteiger partial charge in [0.15, 0.2) is 0 Å². The van der Waals surface area contributed by atoms with Crippen LogP contribution >= 0.6 is 0 Å². The summed E-state index contributed by atoms with van der Waals surface area (Å²) in [4.78, 5) is 4.78. The van der Waals surface area contributed by atoms with Gasteiger partial charge in [0.05, 0.1) is 17.1 Å². The zero-order chi connectivity index (χ0) is 13.2. The van der Waals surface area contributed by atoms with E-state index in [1.165, 1.54) is 12.8 Å². The van der Waals surface area contributed by atoms with Gasteiger partial charge in [-0.3, -0.25) is 0 Å². The Morgan fingerprint density at radius 2 is 2.32 bits per heavy atom. The summed E-state index contributed by atoms with van der Waals surface area (Å²) in [7, 11) is 2.08. The van der Waals surface area contributed by atoms with Crippen molar-refractivity contribution in [3.05, 3.63) is 29.6 Å². The highest BCUT2D eigenvalue weighted by Crippen LogP contribution is 2.22. The molecule has 0 aliphatic carbocycles. The van der Waals surface area contributed by atoms with E-state index in [-0.39, 0.29) is 0 Å². The van der Waals surface area contributed by atoms with Gasteiger partial charge < -0.3 is 15.0 Å². The summed E-state index contributed by atoms with van der Waals surface area (Å²) in [5, 5.41) is 0. The van der Waals surface area contributed by atoms with Gasteiger partial charge in [0.2, 0.25) is 0 Å². The predicted molar refractivity (Wildman–Crippen MR) is 75.9 cm³/mol. The molecule has 2 heterocycles. The Balaban J connectivity index is 1.93. The van der Waals surface area contributed by atoms with Crippen molar-refractivity contribution in [1.82, 2.24) is 9.55 Å². The second kappa shape index (κ2) is 5.31. The second-order valence-corrected chi connectivity index (χ2v) is 5.27. The molecule has 0 bridgehead atoms. The summed E-state index contributed by atoms with van der Waals surface area (Å²) in [6.07, 6.45) is 4.83. The Labute approximate surface area is 113 Å². The molecule has 4 nitrogen and oxygen atoms in total. The Kier molecular flexibility index (Phi) is 3.53. The first-order chi connectivity index (χ1) is 9.29. The lowest BCUT2D eigenvalue weighted by Gasteiger charge is -2.22. The van der Waals surface area contributed by atoms with Gasteiger partial charge in [0.1, 0.15) is 5.82 Å². The smallest absolute Gasteiger partial charge is 0.112 e. The topological polar surface area (TPSA) is 53.1 Å². The molecule has 1 atom stereocenters. The average Bonchev–Trinajstić information content (AvgIpc) is 2.77. The van der Waals surface area contributed by atoms with Crippen LogP contribution in [0.4, 0.5) is 0 Å². The third-order valence-electron chi connectivity index (χ3n) is 3.99. The van der Waals surface area contributed by atoms with E-state index in [0.717, 1.165) is 41.9 Å². The number of para-hydroxylation sites is 1. The molecule has 1 unspecified atom stereocenters. The first-order valence-corrected chi connectivity index (χ1v) is 7.04. The third kappa shape index (κ3) is 2.38. The fraction of sp³-hybridized carbons (Fsp3) is 0.533. The Hall–Kier alpha value is -1.39. The standard InChI is InChI=1S/C15H21N3O/c1-18-13-7-4-5-11(10-16)15(13)17-14(18)9-12-6-2-3-8-19-12/h4-5,7,12H,2-3,6,8-10,16H2,1H3. The summed E-state index contributed by atoms with van der Waals surface area (Å²) in [6.45, 7) is 1.43. The quantitative estimate of drug-likeness (QED) is 0.919. The van der Waals surface area contributed by atoms with Gasteiger partial charge in [0, 0.05) is 26.6 Å². The van der Waals surface area contributed by atoms with E-state index in [2.05, 4.69) is 23.7 Å². The predicted octanol–water partition coefficient (Wildman–Crippen LogP) is 2.14. The zero-order valence-corrected chi connectivity index (χ0v) is 11.4. The lowest BCUT2D eigenvalue weighted by Crippen LogP contribution is -2.22. The van der Waals surface area contributed by atoms with Crippen molar-refractivity contribution < 1.29 is 4.74 Å². The molecule has 1 fully saturated rings. The second-order valence-electron chi connectivity index (χ2n) is 5.27. The van der Waals surface area contributed by atoms with E-state index in [9.17, 15) is 0 Å². The Bertz CT molecular complexity index is 570. The molecule has 1 saturated heterocycles. The van der Waals surface area contributed by atoms with Crippen LogP contribution in [0.25, 0.3) is 11.0 Å². The molecule has 4 heteroatoms. The van der Waals surface area contributed by atoms with Crippen molar-refractivity contribution >= 4 is 11.0 Å². The van der Waals surface area contributed by atoms with E-state index in [4.69, 9.17) is 15.5 Å². The highest BCUT2D eigenvalue weighted by atomic mass is 16.5. The molecule has 1 aliphatic rings. The minimum atomic E-state index is 0.325. The van der Waals surface area contributed by atoms with Crippen LogP contribution in [0.15, 0.2) is 18.2 Å². The van der Waals surface area contributed by atoms with Gasteiger partial charge in [-0.15, -0.1) is 0 Å². The highest BCUT2D eigenvalue weighted by Gasteiger charge is 2.18. The third-order valence-corrected chi connectivity index (χ3v) is 3.99. The van der Waals surface area contributed by atoms with E-state index in [1.54, 1.807) is 0 Å². The number of hydrogen-bond acceptors (Lipinski definition) is 3. The molecular formula is C15H21N3O. The number of imidazole rings is 1. The summed E-state index contributed by atoms with van der Waals surface area (Å²) in [5.74, 6) is 1.10. The van der Waals surface area contributed by atoms with Crippen molar-refractivity contribution in [2.24, 2.45) is 12.8 Å². The van der Waals surface area contributed by atoms with Crippen molar-refractivity contribution in [3.63, 3.8) is 0 Å². The molecule has 0 amide bonds. The van der Waals surface area contributed by atoms with Gasteiger partial charge in [-0.1, -0.05) is 12.1 Å². The van der Waals surface area contributed by atoms with Crippen LogP contribution in [0.5, 0.6) is 0 Å². The van der Waals surface area contributed by atoms with Crippen LogP contribution in [0.3, 0.4) is 0 Å². The summed E-state index contributed by atoms with van der Waals surface area (Å²) < 4.78 is 7.98. The van der Waals surface area contributed by atoms with Crippen molar-refractivity contribution in [2.75, 3.05) is 6.61 Å². The maximum Gasteiger partial charge on any atom is 0.112 e. The molecule has 0 radical (unpaired) electrons. The van der Waals surface area contributed by atoms with Gasteiger partial charge in [0.25, 0.3) is 0 Å². The molecule has 2 aromatic rings. The van der Waals surface area contributed by atoms with E-state index in [1.807, 2.05) is 6.07 Å². The summed E-state index contributed by atoms with van der Waals surface area (Å²) >= 11 is 0. The van der Waals surface area contributed by atoms with E-state index < -0.39 is 0 Å². The van der Waals surface area contributed by atoms with Gasteiger partial charge in [-0.25, -0.2) is 4.98 Å². The maximum atomic E-state index is 5.81. The van der Waals surface area contributed by atoms with Gasteiger partial charge in [-0.05, 0) is 30.9 Å². The van der Waals surface area contributed by atoms with Crippen molar-refractivity contribution in [2.45, 2.75) is 38.3 Å². The van der Waals surface area contributed by atoms with Crippen molar-refractivity contribution in [3.8, 4) is 0 Å². The normalized spacial score (nSPS) is 20.0. The summed E-state index contributed by atoms with van der Waals surface area (Å²) in [6, 6.07) is 6.20. The Morgan fingerprint density at radius 3 is 3.05 bits per heavy atom. The molecule has 2 N–H and O–H groups in total. The number of rotatable bonds is 3. The van der Waals surface area contributed by atoms with Gasteiger partial charge >= 0.3 is 0 Å². The largest absolute Gasteiger partial charge is 0.378 e. The first kappa shape index (κ1) is 12.6. The van der Waals surface area contributed by atoms with Crippen molar-refractivity contribution in [1.29, 1.82) is 0 Å². The molecule has 0 spiro atoms. The van der Waals surface area contributed by atoms with Crippen LogP contribution in [-0.4, -0.2) is 22.3 Å². The lowest BCUT2D eigenvalue weighted by atomic mass is 10.1. The van der Waals surface area contributed by atoms with Gasteiger partial charge in [-0.2, -0.15) is 0 Å². The average molecular weight is 259 g/mol. The molecule has 1 aliphatic heterocycles. The number of benzene rings is 1. The SMILES string of the molecule is Cn1c(CC2CCCCO2)nc2c(CN)cccc21. The van der Waals surface area contributed by atoms with Crippen LogP contribution in [0.1, 0.15) is 30.7 Å². The number of nitrogens with zero attached hydrogens (tertiary/aromatic N) is 2. The molecule has 1 aromatic carbocycles. The number of aromatic nitrogens is 2. The van der Waals surface area contributed by atoms with E-state index >= 15 is 0 Å². The Morgan fingerprint density at radius 1 is 1.42 bits per heavy atom. The minimum absolute atomic E-state index is 0.325. The number of ether oxygens (including phenoxy) is 1. The molecular weight excluding hydrogens is 238 g/mol. The van der Waals surface area contributed by atoms with Crippen LogP contribution in [0, 0.1) is 0 Å². The van der Waals surface area contributed by atoms with Crippen LogP contribution in [-0.2, 0) is 24.8 Å². The molecule has 0 saturated carbocycles. The molecule has 19 heavy (non-hydrogen) atoms. The molecule has 3 rings (SSSR count). The first-order valence-electron chi connectivity index (χ1n) is 7.04.